The van der Waals surface area contributed by atoms with Crippen molar-refractivity contribution in [3.05, 3.63) is 156 Å². The zero-order valence-electron chi connectivity index (χ0n) is 31.5. The van der Waals surface area contributed by atoms with Crippen LogP contribution in [0.15, 0.2) is 140 Å². The van der Waals surface area contributed by atoms with Gasteiger partial charge in [-0.3, -0.25) is 0 Å². The molecule has 54 heavy (non-hydrogen) atoms. The van der Waals surface area contributed by atoms with Gasteiger partial charge >= 0.3 is 0 Å². The third-order valence-electron chi connectivity index (χ3n) is 10.8. The van der Waals surface area contributed by atoms with Gasteiger partial charge in [-0.25, -0.2) is 0 Å². The van der Waals surface area contributed by atoms with Crippen LogP contribution < -0.4 is 10.6 Å². The number of allylic oxidation sites excluding steroid dienone is 2. The van der Waals surface area contributed by atoms with E-state index in [0.717, 1.165) is 36.3 Å². The summed E-state index contributed by atoms with van der Waals surface area (Å²) < 4.78 is 17.7. The lowest BCUT2D eigenvalue weighted by Crippen LogP contribution is -2.33. The molecule has 0 aromatic heterocycles. The summed E-state index contributed by atoms with van der Waals surface area (Å²) in [5, 5.41) is 16.7. The average Bonchev–Trinajstić information content (AvgIpc) is 3.47. The molecule has 2 unspecified atom stereocenters. The molecule has 0 aliphatic heterocycles. The summed E-state index contributed by atoms with van der Waals surface area (Å²) >= 11 is 0. The van der Waals surface area contributed by atoms with Crippen molar-refractivity contribution in [2.75, 3.05) is 57.4 Å². The number of nitrogens with one attached hydrogen (secondary N) is 2. The minimum Gasteiger partial charge on any atom is -0.396 e. The van der Waals surface area contributed by atoms with E-state index < -0.39 is 0 Å². The topological polar surface area (TPSA) is 72.0 Å². The first-order valence-corrected chi connectivity index (χ1v) is 19.2. The first-order valence-electron chi connectivity index (χ1n) is 19.2. The third kappa shape index (κ3) is 8.53. The number of rotatable bonds is 18. The average molecular weight is 721 g/mol. The lowest BCUT2D eigenvalue weighted by molar-refractivity contribution is 0.0572. The summed E-state index contributed by atoms with van der Waals surface area (Å²) in [6.07, 6.45) is 10.0. The Morgan fingerprint density at radius 3 is 1.85 bits per heavy atom. The lowest BCUT2D eigenvalue weighted by atomic mass is 9.72. The molecule has 0 radical (unpaired) electrons. The van der Waals surface area contributed by atoms with E-state index in [9.17, 15) is 5.11 Å². The quantitative estimate of drug-likeness (QED) is 0.0783. The predicted octanol–water partition coefficient (Wildman–Crippen LogP) is 10.4. The molecule has 6 nitrogen and oxygen atoms in total. The number of hydrogen-bond donors (Lipinski definition) is 3. The Morgan fingerprint density at radius 2 is 1.22 bits per heavy atom. The molecule has 0 saturated heterocycles. The van der Waals surface area contributed by atoms with Crippen LogP contribution in [0.25, 0.3) is 27.8 Å². The van der Waals surface area contributed by atoms with Crippen LogP contribution in [0, 0.1) is 0 Å². The summed E-state index contributed by atoms with van der Waals surface area (Å²) in [6.45, 7) is 5.20. The fourth-order valence-corrected chi connectivity index (χ4v) is 7.85. The van der Waals surface area contributed by atoms with Crippen LogP contribution >= 0.6 is 0 Å². The van der Waals surface area contributed by atoms with Crippen molar-refractivity contribution in [1.82, 2.24) is 0 Å². The van der Waals surface area contributed by atoms with Crippen molar-refractivity contribution in [3.8, 4) is 22.3 Å². The van der Waals surface area contributed by atoms with E-state index in [1.807, 2.05) is 24.3 Å². The molecule has 2 aliphatic rings. The van der Waals surface area contributed by atoms with Crippen LogP contribution in [0.3, 0.4) is 0 Å². The Balaban J connectivity index is 1.23. The summed E-state index contributed by atoms with van der Waals surface area (Å²) in [6, 6.07) is 43.3. The number of ether oxygens (including phenoxy) is 3. The van der Waals surface area contributed by atoms with Gasteiger partial charge in [-0.1, -0.05) is 91.0 Å². The number of methoxy groups -OCH3 is 1. The third-order valence-corrected chi connectivity index (χ3v) is 10.8. The van der Waals surface area contributed by atoms with Gasteiger partial charge in [-0.15, -0.1) is 0 Å². The highest BCUT2D eigenvalue weighted by atomic mass is 16.5. The number of anilines is 3. The zero-order chi connectivity index (χ0) is 37.2. The lowest BCUT2D eigenvalue weighted by Gasteiger charge is -2.33. The maximum Gasteiger partial charge on any atom is 0.0700 e. The number of fused-ring (bicyclic) bond motifs is 3. The van der Waals surface area contributed by atoms with Crippen LogP contribution in [-0.4, -0.2) is 57.4 Å². The highest BCUT2D eigenvalue weighted by Gasteiger charge is 2.43. The molecule has 278 valence electrons. The molecule has 0 saturated carbocycles. The molecule has 0 bridgehead atoms. The first-order chi connectivity index (χ1) is 26.5. The van der Waals surface area contributed by atoms with Gasteiger partial charge in [-0.05, 0) is 126 Å². The summed E-state index contributed by atoms with van der Waals surface area (Å²) in [4.78, 5) is 0. The zero-order valence-corrected chi connectivity index (χ0v) is 31.5. The van der Waals surface area contributed by atoms with Crippen LogP contribution in [0.2, 0.25) is 0 Å². The molecule has 7 rings (SSSR count). The second kappa shape index (κ2) is 17.4. The van der Waals surface area contributed by atoms with Crippen LogP contribution in [0.1, 0.15) is 49.3 Å². The first kappa shape index (κ1) is 37.3. The molecule has 2 atom stereocenters. The molecule has 5 aromatic carbocycles. The van der Waals surface area contributed by atoms with Crippen molar-refractivity contribution < 1.29 is 19.3 Å². The number of benzene rings is 5. The SMILES string of the molecule is COCCOCCC1(CCOCCCO)c2cc(C3=CCC(C)(Nc4ccccc4)C=C3)ccc2-c2ccc(-c3ccc(Nc4ccccc4)cc3)cc21. The van der Waals surface area contributed by atoms with Gasteiger partial charge in [0, 0.05) is 56.0 Å². The monoisotopic (exact) mass is 720 g/mol. The van der Waals surface area contributed by atoms with E-state index >= 15 is 0 Å². The second-order valence-electron chi connectivity index (χ2n) is 14.6. The van der Waals surface area contributed by atoms with Crippen LogP contribution in [0.4, 0.5) is 17.1 Å². The second-order valence-corrected chi connectivity index (χ2v) is 14.6. The van der Waals surface area contributed by atoms with E-state index in [2.05, 4.69) is 133 Å². The normalized spacial score (nSPS) is 18.5. The molecule has 0 amide bonds. The highest BCUT2D eigenvalue weighted by molar-refractivity contribution is 5.87. The minimum absolute atomic E-state index is 0.124. The molecular formula is C48H52N2O4. The van der Waals surface area contributed by atoms with Gasteiger partial charge in [0.1, 0.15) is 0 Å². The van der Waals surface area contributed by atoms with Gasteiger partial charge < -0.3 is 30.0 Å². The predicted molar refractivity (Wildman–Crippen MR) is 222 cm³/mol. The summed E-state index contributed by atoms with van der Waals surface area (Å²) in [7, 11) is 1.71. The molecule has 5 aromatic rings. The van der Waals surface area contributed by atoms with Gasteiger partial charge in [-0.2, -0.15) is 0 Å². The Bertz CT molecular complexity index is 2030. The molecule has 3 N–H and O–H groups in total. The highest BCUT2D eigenvalue weighted by Crippen LogP contribution is 2.54. The fraction of sp³-hybridized carbons (Fsp3) is 0.292. The van der Waals surface area contributed by atoms with Gasteiger partial charge in [0.05, 0.1) is 18.8 Å². The molecule has 6 heteroatoms. The molecule has 2 aliphatic carbocycles. The van der Waals surface area contributed by atoms with E-state index in [0.29, 0.717) is 39.5 Å². The van der Waals surface area contributed by atoms with Crippen molar-refractivity contribution in [2.24, 2.45) is 0 Å². The van der Waals surface area contributed by atoms with E-state index in [4.69, 9.17) is 14.2 Å². The number of aliphatic hydroxyl groups is 1. The molecule has 0 fully saturated rings. The Kier molecular flexibility index (Phi) is 12.1. The Morgan fingerprint density at radius 1 is 0.630 bits per heavy atom. The molecule has 0 spiro atoms. The Labute approximate surface area is 320 Å². The minimum atomic E-state index is -0.333. The van der Waals surface area contributed by atoms with Crippen molar-refractivity contribution >= 4 is 22.6 Å². The van der Waals surface area contributed by atoms with Gasteiger partial charge in [0.25, 0.3) is 0 Å². The largest absolute Gasteiger partial charge is 0.396 e. The standard InChI is InChI=1S/C48H52N2O4/c1-47(50-42-12-7-4-8-13-42)24-22-37(23-25-47)39-17-21-44-43-20-16-38(36-14-18-41(19-15-36)49-40-10-5-3-6-11-40)34-45(43)48(46(44)35-39,26-30-53-29-9-28-51)27-31-54-33-32-52-2/h3-8,10-24,34-35,49-51H,9,25-33H2,1-2H3. The van der Waals surface area contributed by atoms with Crippen LogP contribution in [-0.2, 0) is 19.6 Å². The molecule has 0 heterocycles. The van der Waals surface area contributed by atoms with Gasteiger partial charge in [0.15, 0.2) is 0 Å². The van der Waals surface area contributed by atoms with E-state index in [-0.39, 0.29) is 17.6 Å². The van der Waals surface area contributed by atoms with Crippen molar-refractivity contribution in [2.45, 2.75) is 43.6 Å². The number of hydrogen-bond acceptors (Lipinski definition) is 6. The Hall–Kier alpha value is -4.98. The van der Waals surface area contributed by atoms with Crippen molar-refractivity contribution in [1.29, 1.82) is 0 Å². The van der Waals surface area contributed by atoms with Crippen LogP contribution in [0.5, 0.6) is 0 Å². The number of para-hydroxylation sites is 2. The fourth-order valence-electron chi connectivity index (χ4n) is 7.85. The van der Waals surface area contributed by atoms with E-state index in [1.54, 1.807) is 7.11 Å². The summed E-state index contributed by atoms with van der Waals surface area (Å²) in [5.74, 6) is 0. The van der Waals surface area contributed by atoms with E-state index in [1.165, 1.54) is 44.5 Å². The summed E-state index contributed by atoms with van der Waals surface area (Å²) in [5.41, 5.74) is 12.7. The maximum atomic E-state index is 9.44. The number of aliphatic hydroxyl groups excluding tert-OH is 1. The smallest absolute Gasteiger partial charge is 0.0700 e. The molecular weight excluding hydrogens is 669 g/mol. The maximum absolute atomic E-state index is 9.44. The van der Waals surface area contributed by atoms with Crippen molar-refractivity contribution in [3.63, 3.8) is 0 Å². The van der Waals surface area contributed by atoms with Gasteiger partial charge in [0.2, 0.25) is 0 Å².